The maximum Gasteiger partial charge on any atom is 0.307 e. The van der Waals surface area contributed by atoms with Gasteiger partial charge in [0.25, 0.3) is 0 Å². The Bertz CT molecular complexity index is 422. The average Bonchev–Trinajstić information content (AvgIpc) is 2.16. The summed E-state index contributed by atoms with van der Waals surface area (Å²) in [5, 5.41) is 10.3. The monoisotopic (exact) mass is 276 g/mol. The molecular weight excluding hydrogens is 267 g/mol. The van der Waals surface area contributed by atoms with E-state index in [1.165, 1.54) is 11.8 Å². The van der Waals surface area contributed by atoms with Crippen molar-refractivity contribution in [3.05, 3.63) is 28.2 Å². The van der Waals surface area contributed by atoms with Gasteiger partial charge in [-0.05, 0) is 31.0 Å². The molecule has 1 N–H and O–H groups in total. The molecule has 1 aliphatic rings. The van der Waals surface area contributed by atoms with E-state index in [0.29, 0.717) is 10.0 Å². The van der Waals surface area contributed by atoms with E-state index in [1.54, 1.807) is 18.2 Å². The second-order valence-corrected chi connectivity index (χ2v) is 5.88. The SMILES string of the molecule is O=C(O)C1CCC1Sc1cc(Cl)ccc1Cl. The lowest BCUT2D eigenvalue weighted by atomic mass is 9.85. The van der Waals surface area contributed by atoms with Crippen LogP contribution >= 0.6 is 35.0 Å². The van der Waals surface area contributed by atoms with E-state index in [2.05, 4.69) is 0 Å². The predicted molar refractivity (Wildman–Crippen MR) is 66.5 cm³/mol. The molecular formula is C11H10Cl2O2S. The van der Waals surface area contributed by atoms with Crippen molar-refractivity contribution in [2.75, 3.05) is 0 Å². The Hall–Kier alpha value is -0.380. The molecule has 1 aromatic carbocycles. The number of carboxylic acid groups (broad SMARTS) is 1. The van der Waals surface area contributed by atoms with Crippen molar-refractivity contribution < 1.29 is 9.90 Å². The van der Waals surface area contributed by atoms with Crippen molar-refractivity contribution in [1.82, 2.24) is 0 Å². The fourth-order valence-electron chi connectivity index (χ4n) is 1.62. The minimum Gasteiger partial charge on any atom is -0.481 e. The zero-order valence-electron chi connectivity index (χ0n) is 8.32. The van der Waals surface area contributed by atoms with Crippen molar-refractivity contribution in [2.24, 2.45) is 5.92 Å². The number of aliphatic carboxylic acids is 1. The summed E-state index contributed by atoms with van der Waals surface area (Å²) in [6, 6.07) is 5.25. The molecule has 2 atom stereocenters. The smallest absolute Gasteiger partial charge is 0.307 e. The highest BCUT2D eigenvalue weighted by atomic mass is 35.5. The van der Waals surface area contributed by atoms with Gasteiger partial charge in [-0.1, -0.05) is 23.2 Å². The molecule has 1 aromatic rings. The summed E-state index contributed by atoms with van der Waals surface area (Å²) in [7, 11) is 0. The highest BCUT2D eigenvalue weighted by molar-refractivity contribution is 8.00. The summed E-state index contributed by atoms with van der Waals surface area (Å²) < 4.78 is 0. The molecule has 2 unspecified atom stereocenters. The summed E-state index contributed by atoms with van der Waals surface area (Å²) in [4.78, 5) is 11.7. The van der Waals surface area contributed by atoms with Crippen LogP contribution in [-0.4, -0.2) is 16.3 Å². The molecule has 0 aliphatic heterocycles. The number of halogens is 2. The van der Waals surface area contributed by atoms with E-state index >= 15 is 0 Å². The lowest BCUT2D eigenvalue weighted by Gasteiger charge is -2.32. The second kappa shape index (κ2) is 4.86. The number of hydrogen-bond acceptors (Lipinski definition) is 2. The number of carboxylic acids is 1. The lowest BCUT2D eigenvalue weighted by molar-refractivity contribution is -0.144. The fraction of sp³-hybridized carbons (Fsp3) is 0.364. The molecule has 0 heterocycles. The zero-order chi connectivity index (χ0) is 11.7. The van der Waals surface area contributed by atoms with E-state index in [-0.39, 0.29) is 11.2 Å². The van der Waals surface area contributed by atoms with E-state index in [9.17, 15) is 4.79 Å². The maximum atomic E-state index is 10.9. The van der Waals surface area contributed by atoms with E-state index in [0.717, 1.165) is 17.7 Å². The van der Waals surface area contributed by atoms with Gasteiger partial charge in [-0.3, -0.25) is 4.79 Å². The Kier molecular flexibility index (Phi) is 3.67. The first-order valence-electron chi connectivity index (χ1n) is 4.92. The largest absolute Gasteiger partial charge is 0.481 e. The summed E-state index contributed by atoms with van der Waals surface area (Å²) >= 11 is 13.4. The van der Waals surface area contributed by atoms with E-state index < -0.39 is 5.97 Å². The van der Waals surface area contributed by atoms with Crippen LogP contribution in [0.15, 0.2) is 23.1 Å². The van der Waals surface area contributed by atoms with Gasteiger partial charge in [-0.25, -0.2) is 0 Å². The molecule has 0 bridgehead atoms. The van der Waals surface area contributed by atoms with Gasteiger partial charge in [-0.2, -0.15) is 0 Å². The summed E-state index contributed by atoms with van der Waals surface area (Å²) in [5.74, 6) is -0.970. The summed E-state index contributed by atoms with van der Waals surface area (Å²) in [6.45, 7) is 0. The van der Waals surface area contributed by atoms with E-state index in [4.69, 9.17) is 28.3 Å². The van der Waals surface area contributed by atoms with Gasteiger partial charge in [0, 0.05) is 15.2 Å². The zero-order valence-corrected chi connectivity index (χ0v) is 10.6. The van der Waals surface area contributed by atoms with Gasteiger partial charge in [0.05, 0.1) is 10.9 Å². The summed E-state index contributed by atoms with van der Waals surface area (Å²) in [6.07, 6.45) is 1.68. The van der Waals surface area contributed by atoms with Crippen LogP contribution in [0.2, 0.25) is 10.0 Å². The van der Waals surface area contributed by atoms with Crippen LogP contribution < -0.4 is 0 Å². The molecule has 16 heavy (non-hydrogen) atoms. The highest BCUT2D eigenvalue weighted by Gasteiger charge is 2.37. The molecule has 0 radical (unpaired) electrons. The van der Waals surface area contributed by atoms with Crippen molar-refractivity contribution in [2.45, 2.75) is 23.0 Å². The third-order valence-electron chi connectivity index (χ3n) is 2.70. The molecule has 0 spiro atoms. The van der Waals surface area contributed by atoms with Crippen LogP contribution in [0.3, 0.4) is 0 Å². The molecule has 5 heteroatoms. The topological polar surface area (TPSA) is 37.3 Å². The number of benzene rings is 1. The first-order chi connectivity index (χ1) is 7.58. The molecule has 2 rings (SSSR count). The molecule has 1 saturated carbocycles. The molecule has 0 amide bonds. The second-order valence-electron chi connectivity index (χ2n) is 3.75. The first-order valence-corrected chi connectivity index (χ1v) is 6.56. The number of rotatable bonds is 3. The highest BCUT2D eigenvalue weighted by Crippen LogP contribution is 2.43. The van der Waals surface area contributed by atoms with Gasteiger partial charge < -0.3 is 5.11 Å². The van der Waals surface area contributed by atoms with Crippen LogP contribution in [0.5, 0.6) is 0 Å². The number of thioether (sulfide) groups is 1. The van der Waals surface area contributed by atoms with Crippen molar-refractivity contribution in [3.8, 4) is 0 Å². The standard InChI is InChI=1S/C11H10Cl2O2S/c12-6-1-3-8(13)10(5-6)16-9-4-2-7(9)11(14)15/h1,3,5,7,9H,2,4H2,(H,14,15). The van der Waals surface area contributed by atoms with Crippen molar-refractivity contribution >= 4 is 40.9 Å². The first kappa shape index (κ1) is 12.1. The van der Waals surface area contributed by atoms with Crippen LogP contribution in [-0.2, 0) is 4.79 Å². The quantitative estimate of drug-likeness (QED) is 0.909. The van der Waals surface area contributed by atoms with Crippen LogP contribution in [0.25, 0.3) is 0 Å². The molecule has 2 nitrogen and oxygen atoms in total. The fourth-order valence-corrected chi connectivity index (χ4v) is 3.48. The Balaban J connectivity index is 2.09. The summed E-state index contributed by atoms with van der Waals surface area (Å²) in [5.41, 5.74) is 0. The minimum absolute atomic E-state index is 0.119. The van der Waals surface area contributed by atoms with Gasteiger partial charge in [0.2, 0.25) is 0 Å². The Morgan fingerprint density at radius 3 is 2.69 bits per heavy atom. The Morgan fingerprint density at radius 2 is 2.12 bits per heavy atom. The van der Waals surface area contributed by atoms with Gasteiger partial charge in [0.15, 0.2) is 0 Å². The minimum atomic E-state index is -0.720. The molecule has 0 saturated heterocycles. The Morgan fingerprint density at radius 1 is 1.38 bits per heavy atom. The molecule has 86 valence electrons. The number of hydrogen-bond donors (Lipinski definition) is 1. The number of carbonyl (C=O) groups is 1. The van der Waals surface area contributed by atoms with Crippen LogP contribution in [0.1, 0.15) is 12.8 Å². The molecule has 0 aromatic heterocycles. The van der Waals surface area contributed by atoms with Crippen molar-refractivity contribution in [1.29, 1.82) is 0 Å². The third kappa shape index (κ3) is 2.47. The molecule has 1 fully saturated rings. The van der Waals surface area contributed by atoms with Gasteiger partial charge >= 0.3 is 5.97 Å². The third-order valence-corrected chi connectivity index (χ3v) is 4.84. The average molecular weight is 277 g/mol. The Labute approximate surface area is 108 Å². The van der Waals surface area contributed by atoms with Crippen LogP contribution in [0.4, 0.5) is 0 Å². The lowest BCUT2D eigenvalue weighted by Crippen LogP contribution is -2.35. The van der Waals surface area contributed by atoms with E-state index in [1.807, 2.05) is 0 Å². The van der Waals surface area contributed by atoms with Gasteiger partial charge in [0.1, 0.15) is 0 Å². The normalized spacial score (nSPS) is 23.9. The van der Waals surface area contributed by atoms with Crippen LogP contribution in [0, 0.1) is 5.92 Å². The van der Waals surface area contributed by atoms with Gasteiger partial charge in [-0.15, -0.1) is 11.8 Å². The maximum absolute atomic E-state index is 10.9. The van der Waals surface area contributed by atoms with Crippen molar-refractivity contribution in [3.63, 3.8) is 0 Å². The molecule has 1 aliphatic carbocycles. The predicted octanol–water partition coefficient (Wildman–Crippen LogP) is 3.95.